The highest BCUT2D eigenvalue weighted by atomic mass is 14.9. The van der Waals surface area contributed by atoms with Crippen molar-refractivity contribution in [3.05, 3.63) is 291 Å². The number of nitrogens with two attached hydrogens (primary N) is 6. The zero-order valence-electron chi connectivity index (χ0n) is 51.9. The smallest absolute Gasteiger partial charge is 0.120 e. The molecule has 96 heavy (non-hydrogen) atoms. The summed E-state index contributed by atoms with van der Waals surface area (Å²) in [5, 5.41) is 0. The van der Waals surface area contributed by atoms with Crippen molar-refractivity contribution in [1.82, 2.24) is 29.9 Å². The van der Waals surface area contributed by atoms with Crippen LogP contribution in [0, 0.1) is 0 Å². The van der Waals surface area contributed by atoms with Gasteiger partial charge in [-0.2, -0.15) is 0 Å². The van der Waals surface area contributed by atoms with Crippen molar-refractivity contribution >= 4 is 67.2 Å². The van der Waals surface area contributed by atoms with E-state index in [9.17, 15) is 0 Å². The van der Waals surface area contributed by atoms with Gasteiger partial charge < -0.3 is 34.4 Å². The van der Waals surface area contributed by atoms with Crippen LogP contribution < -0.4 is 34.4 Å². The molecule has 16 rings (SSSR count). The third kappa shape index (κ3) is 11.1. The van der Waals surface area contributed by atoms with Gasteiger partial charge in [0.05, 0.1) is 34.2 Å². The maximum atomic E-state index is 6.16. The van der Waals surface area contributed by atoms with Gasteiger partial charge in [0.15, 0.2) is 0 Å². The Kier molecular flexibility index (Phi) is 14.5. The van der Waals surface area contributed by atoms with Crippen LogP contribution in [-0.2, 0) is 0 Å². The minimum atomic E-state index is 0.495. The van der Waals surface area contributed by atoms with Gasteiger partial charge in [0, 0.05) is 67.5 Å². The van der Waals surface area contributed by atoms with E-state index in [1.807, 2.05) is 146 Å². The first-order chi connectivity index (χ1) is 47.0. The Hall–Kier alpha value is -13.3. The third-order valence-corrected chi connectivity index (χ3v) is 17.8. The number of fused-ring (bicyclic) bond motifs is 6. The summed E-state index contributed by atoms with van der Waals surface area (Å²) in [6.45, 7) is 0. The Labute approximate surface area is 554 Å². The van der Waals surface area contributed by atoms with Gasteiger partial charge in [0.1, 0.15) is 33.1 Å². The molecule has 0 atom stereocenters. The van der Waals surface area contributed by atoms with Crippen LogP contribution in [0.3, 0.4) is 0 Å². The molecule has 12 heteroatoms. The lowest BCUT2D eigenvalue weighted by atomic mass is 9.97. The normalized spacial score (nSPS) is 11.4. The lowest BCUT2D eigenvalue weighted by Gasteiger charge is -2.18. The summed E-state index contributed by atoms with van der Waals surface area (Å²) < 4.78 is 0. The van der Waals surface area contributed by atoms with Crippen molar-refractivity contribution < 1.29 is 0 Å². The van der Waals surface area contributed by atoms with Gasteiger partial charge in [0.25, 0.3) is 0 Å². The van der Waals surface area contributed by atoms with E-state index >= 15 is 0 Å². The van der Waals surface area contributed by atoms with Crippen LogP contribution >= 0.6 is 0 Å². The molecule has 16 aromatic rings. The van der Waals surface area contributed by atoms with Crippen LogP contribution in [0.2, 0.25) is 0 Å². The van der Waals surface area contributed by atoms with E-state index in [0.29, 0.717) is 101 Å². The van der Waals surface area contributed by atoms with E-state index in [-0.39, 0.29) is 0 Å². The zero-order valence-corrected chi connectivity index (χ0v) is 51.9. The number of rotatable bonds is 12. The van der Waals surface area contributed by atoms with Gasteiger partial charge in [-0.1, -0.05) is 218 Å². The zero-order chi connectivity index (χ0) is 65.0. The number of hydrogen-bond donors (Lipinski definition) is 6. The van der Waals surface area contributed by atoms with Crippen LogP contribution in [0.25, 0.3) is 167 Å². The predicted octanol–water partition coefficient (Wildman–Crippen LogP) is 19.0. The van der Waals surface area contributed by atoms with Crippen molar-refractivity contribution in [2.45, 2.75) is 0 Å². The molecule has 0 aliphatic rings. The SMILES string of the molecule is Nc1ccc(-c2ccc(-c3nc4c5nc(-c6ccc(-c7ccc(N)cc7)cc6)c(-c6ccc(-c7ccc(N)cc7)cc6)nc5c5nc(-c6ccc(-c7ccc(N)cc7)cc6)c(-c6ccc(-c7ccc(N)cc7)cc6)nc5c4nc3-c3ccc(-c4ccc(N)cc4)cc3)cc2)cc1. The molecule has 0 bridgehead atoms. The standard InChI is InChI=1S/C84H60N12/c85-67-37-25-55(26-38-67)49-1-13-61(14-2-49)73-74(62-15-3-50(4-16-62)56-27-39-68(86)40-28-56)92-80-79(91-73)81-83(95-76(64-19-7-52(8-20-64)58-31-43-70(88)44-32-58)75(93-81)63-17-5-51(6-18-63)57-29-41-69(87)42-30-57)84-82(80)94-77(65-21-9-53(10-22-65)59-33-45-71(89)46-34-59)78(96-84)66-23-11-54(12-24-66)60-35-47-72(90)48-36-60/h1-48H,85-90H2. The minimum absolute atomic E-state index is 0.495. The average Bonchev–Trinajstić information content (AvgIpc) is 0.715. The molecule has 0 radical (unpaired) electrons. The van der Waals surface area contributed by atoms with E-state index < -0.39 is 0 Å². The minimum Gasteiger partial charge on any atom is -0.399 e. The fraction of sp³-hybridized carbons (Fsp3) is 0. The number of hydrogen-bond acceptors (Lipinski definition) is 12. The lowest BCUT2D eigenvalue weighted by molar-refractivity contribution is 1.24. The van der Waals surface area contributed by atoms with E-state index in [1.54, 1.807) is 0 Å². The van der Waals surface area contributed by atoms with E-state index in [4.69, 9.17) is 64.3 Å². The second kappa shape index (κ2) is 24.1. The summed E-state index contributed by atoms with van der Waals surface area (Å²) in [6.07, 6.45) is 0. The van der Waals surface area contributed by atoms with E-state index in [0.717, 1.165) is 100 Å². The van der Waals surface area contributed by atoms with Crippen molar-refractivity contribution in [2.75, 3.05) is 34.4 Å². The molecule has 13 aromatic carbocycles. The molecule has 0 amide bonds. The van der Waals surface area contributed by atoms with Crippen LogP contribution in [-0.4, -0.2) is 29.9 Å². The molecule has 0 aliphatic carbocycles. The van der Waals surface area contributed by atoms with Crippen molar-refractivity contribution in [3.8, 4) is 134 Å². The number of nitrogen functional groups attached to an aromatic ring is 6. The topological polar surface area (TPSA) is 233 Å². The summed E-state index contributed by atoms with van der Waals surface area (Å²) in [7, 11) is 0. The van der Waals surface area contributed by atoms with Crippen LogP contribution in [0.5, 0.6) is 0 Å². The summed E-state index contributed by atoms with van der Waals surface area (Å²) >= 11 is 0. The molecule has 12 nitrogen and oxygen atoms in total. The molecule has 0 saturated carbocycles. The number of anilines is 6. The number of aromatic nitrogens is 6. The summed E-state index contributed by atoms with van der Waals surface area (Å²) in [5.74, 6) is 0. The van der Waals surface area contributed by atoms with Gasteiger partial charge >= 0.3 is 0 Å². The molecule has 456 valence electrons. The summed E-state index contributed by atoms with van der Waals surface area (Å²) in [6, 6.07) is 97.8. The van der Waals surface area contributed by atoms with Gasteiger partial charge in [-0.25, -0.2) is 29.9 Å². The second-order valence-electron chi connectivity index (χ2n) is 24.1. The number of nitrogens with zero attached hydrogens (tertiary/aromatic N) is 6. The molecular formula is C84H60N12. The molecule has 12 N–H and O–H groups in total. The van der Waals surface area contributed by atoms with Gasteiger partial charge in [0.2, 0.25) is 0 Å². The first-order valence-electron chi connectivity index (χ1n) is 31.5. The Balaban J connectivity index is 0.995. The molecule has 0 aliphatic heterocycles. The number of benzene rings is 13. The first kappa shape index (κ1) is 57.8. The third-order valence-electron chi connectivity index (χ3n) is 17.8. The Morgan fingerprint density at radius 2 is 0.198 bits per heavy atom. The second-order valence-corrected chi connectivity index (χ2v) is 24.1. The quantitative estimate of drug-likeness (QED) is 0.0495. The van der Waals surface area contributed by atoms with Crippen molar-refractivity contribution in [1.29, 1.82) is 0 Å². The maximum absolute atomic E-state index is 6.16. The van der Waals surface area contributed by atoms with Gasteiger partial charge in [-0.05, 0) is 140 Å². The van der Waals surface area contributed by atoms with E-state index in [2.05, 4.69) is 146 Å². The first-order valence-corrected chi connectivity index (χ1v) is 31.5. The molecular weight excluding hydrogens is 1180 g/mol. The molecule has 0 unspecified atom stereocenters. The lowest BCUT2D eigenvalue weighted by Crippen LogP contribution is -2.04. The Morgan fingerprint density at radius 3 is 0.302 bits per heavy atom. The van der Waals surface area contributed by atoms with Crippen LogP contribution in [0.1, 0.15) is 0 Å². The highest BCUT2D eigenvalue weighted by Crippen LogP contribution is 2.44. The van der Waals surface area contributed by atoms with Crippen molar-refractivity contribution in [3.63, 3.8) is 0 Å². The molecule has 0 saturated heterocycles. The highest BCUT2D eigenvalue weighted by molar-refractivity contribution is 6.20. The molecule has 3 aromatic heterocycles. The van der Waals surface area contributed by atoms with Crippen LogP contribution in [0.4, 0.5) is 34.1 Å². The van der Waals surface area contributed by atoms with Crippen LogP contribution in [0.15, 0.2) is 291 Å². The van der Waals surface area contributed by atoms with Gasteiger partial charge in [-0.3, -0.25) is 0 Å². The average molecular weight is 1240 g/mol. The maximum Gasteiger partial charge on any atom is 0.120 e. The van der Waals surface area contributed by atoms with Gasteiger partial charge in [-0.15, -0.1) is 0 Å². The summed E-state index contributed by atoms with van der Waals surface area (Å²) in [5.41, 5.74) is 65.2. The predicted molar refractivity (Wildman–Crippen MR) is 397 cm³/mol. The highest BCUT2D eigenvalue weighted by Gasteiger charge is 2.27. The molecule has 3 heterocycles. The monoisotopic (exact) mass is 1240 g/mol. The molecule has 0 spiro atoms. The van der Waals surface area contributed by atoms with E-state index in [1.165, 1.54) is 0 Å². The fourth-order valence-electron chi connectivity index (χ4n) is 12.5. The summed E-state index contributed by atoms with van der Waals surface area (Å²) in [4.78, 5) is 35.0. The Bertz CT molecular complexity index is 4630. The fourth-order valence-corrected chi connectivity index (χ4v) is 12.5. The Morgan fingerprint density at radius 1 is 0.115 bits per heavy atom. The molecule has 0 fully saturated rings. The van der Waals surface area contributed by atoms with Crippen molar-refractivity contribution in [2.24, 2.45) is 0 Å². The largest absolute Gasteiger partial charge is 0.399 e.